The molecule has 2 heterocycles. The molecule has 1 aromatic heterocycles. The molecule has 0 aliphatic carbocycles. The highest BCUT2D eigenvalue weighted by molar-refractivity contribution is 5.97. The zero-order valence-corrected chi connectivity index (χ0v) is 15.6. The minimum Gasteiger partial charge on any atom is -0.507 e. The molecule has 7 heteroatoms. The zero-order valence-electron chi connectivity index (χ0n) is 15.6. The monoisotopic (exact) mass is 377 g/mol. The van der Waals surface area contributed by atoms with Crippen molar-refractivity contribution in [2.45, 2.75) is 25.7 Å². The minimum absolute atomic E-state index is 0.0515. The van der Waals surface area contributed by atoms with E-state index in [2.05, 4.69) is 39.8 Å². The highest BCUT2D eigenvalue weighted by Crippen LogP contribution is 2.26. The number of phenols is 1. The van der Waals surface area contributed by atoms with Crippen LogP contribution < -0.4 is 0 Å². The second-order valence-electron chi connectivity index (χ2n) is 7.24. The number of hydrogen-bond acceptors (Lipinski definition) is 5. The molecule has 1 fully saturated rings. The van der Waals surface area contributed by atoms with Crippen LogP contribution in [-0.4, -0.2) is 49.2 Å². The highest BCUT2D eigenvalue weighted by Gasteiger charge is 2.26. The smallest absolute Gasteiger partial charge is 0.257 e. The third-order valence-corrected chi connectivity index (χ3v) is 5.32. The number of carbonyl (C=O) groups excluding carboxylic acids is 1. The fraction of sp³-hybridized carbons (Fsp3) is 0.333. The maximum absolute atomic E-state index is 13.0. The molecule has 1 atom stereocenters. The Morgan fingerprint density at radius 3 is 2.79 bits per heavy atom. The Morgan fingerprint density at radius 2 is 2.04 bits per heavy atom. The molecule has 1 aliphatic rings. The maximum atomic E-state index is 13.0. The Hall–Kier alpha value is -3.22. The van der Waals surface area contributed by atoms with Crippen LogP contribution in [0, 0.1) is 5.92 Å². The number of aryl methyl sites for hydroxylation is 1. The summed E-state index contributed by atoms with van der Waals surface area (Å²) in [5.74, 6) is 0.315. The molecular weight excluding hydrogens is 354 g/mol. The molecule has 7 nitrogen and oxygen atoms in total. The first-order valence-electron chi connectivity index (χ1n) is 9.60. The molecular formula is C21H23N5O2. The summed E-state index contributed by atoms with van der Waals surface area (Å²) in [6.07, 6.45) is 5.67. The van der Waals surface area contributed by atoms with E-state index in [1.807, 2.05) is 11.0 Å². The van der Waals surface area contributed by atoms with Crippen LogP contribution in [0.3, 0.4) is 0 Å². The lowest BCUT2D eigenvalue weighted by molar-refractivity contribution is 0.0665. The number of likely N-dealkylation sites (tertiary alicyclic amines) is 1. The van der Waals surface area contributed by atoms with Gasteiger partial charge in [-0.15, -0.1) is 5.10 Å². The van der Waals surface area contributed by atoms with Crippen LogP contribution in [0.15, 0.2) is 54.9 Å². The molecule has 0 saturated carbocycles. The molecule has 4 rings (SSSR count). The fourth-order valence-corrected chi connectivity index (χ4v) is 3.79. The second kappa shape index (κ2) is 8.21. The van der Waals surface area contributed by atoms with Gasteiger partial charge in [-0.3, -0.25) is 4.79 Å². The lowest BCUT2D eigenvalue weighted by atomic mass is 9.91. The van der Waals surface area contributed by atoms with Gasteiger partial charge < -0.3 is 10.0 Å². The molecule has 2 aromatic carbocycles. The maximum Gasteiger partial charge on any atom is 0.257 e. The van der Waals surface area contributed by atoms with Gasteiger partial charge in [-0.25, -0.2) is 4.68 Å². The summed E-state index contributed by atoms with van der Waals surface area (Å²) in [5.41, 5.74) is 2.26. The highest BCUT2D eigenvalue weighted by atomic mass is 16.3. The Balaban J connectivity index is 1.41. The summed E-state index contributed by atoms with van der Waals surface area (Å²) in [7, 11) is 0. The van der Waals surface area contributed by atoms with Gasteiger partial charge in [-0.05, 0) is 59.7 Å². The van der Waals surface area contributed by atoms with Crippen molar-refractivity contribution in [3.05, 3.63) is 66.0 Å². The van der Waals surface area contributed by atoms with Gasteiger partial charge in [0.25, 0.3) is 5.91 Å². The van der Waals surface area contributed by atoms with Gasteiger partial charge in [-0.2, -0.15) is 0 Å². The lowest BCUT2D eigenvalue weighted by Gasteiger charge is -2.33. The summed E-state index contributed by atoms with van der Waals surface area (Å²) in [5, 5.41) is 21.3. The summed E-state index contributed by atoms with van der Waals surface area (Å²) < 4.78 is 1.44. The number of carbonyl (C=O) groups is 1. The summed E-state index contributed by atoms with van der Waals surface area (Å²) in [4.78, 5) is 14.8. The number of amides is 1. The van der Waals surface area contributed by atoms with E-state index in [0.717, 1.165) is 38.8 Å². The van der Waals surface area contributed by atoms with Crippen molar-refractivity contribution in [1.29, 1.82) is 0 Å². The van der Waals surface area contributed by atoms with Gasteiger partial charge in [0.15, 0.2) is 0 Å². The predicted molar refractivity (Wildman–Crippen MR) is 104 cm³/mol. The van der Waals surface area contributed by atoms with Crippen LogP contribution in [0.1, 0.15) is 35.2 Å². The number of benzene rings is 2. The summed E-state index contributed by atoms with van der Waals surface area (Å²) >= 11 is 0. The quantitative estimate of drug-likeness (QED) is 0.739. The normalized spacial score (nSPS) is 16.9. The summed E-state index contributed by atoms with van der Waals surface area (Å²) in [6, 6.07) is 15.3. The van der Waals surface area contributed by atoms with Gasteiger partial charge in [0.05, 0.1) is 11.3 Å². The predicted octanol–water partition coefficient (Wildman–Crippen LogP) is 2.85. The van der Waals surface area contributed by atoms with Crippen molar-refractivity contribution < 1.29 is 9.90 Å². The molecule has 1 aliphatic heterocycles. The van der Waals surface area contributed by atoms with Crippen molar-refractivity contribution in [3.63, 3.8) is 0 Å². The van der Waals surface area contributed by atoms with Crippen LogP contribution in [-0.2, 0) is 6.42 Å². The topological polar surface area (TPSA) is 84.1 Å². The largest absolute Gasteiger partial charge is 0.507 e. The van der Waals surface area contributed by atoms with Crippen molar-refractivity contribution in [2.75, 3.05) is 13.1 Å². The average Bonchev–Trinajstić information content (AvgIpc) is 3.28. The fourth-order valence-electron chi connectivity index (χ4n) is 3.79. The van der Waals surface area contributed by atoms with Crippen LogP contribution in [0.5, 0.6) is 5.75 Å². The third kappa shape index (κ3) is 4.03. The first-order chi connectivity index (χ1) is 13.7. The molecule has 1 N–H and O–H groups in total. The molecule has 1 amide bonds. The molecule has 28 heavy (non-hydrogen) atoms. The Kier molecular flexibility index (Phi) is 5.32. The first kappa shape index (κ1) is 18.2. The number of hydrogen-bond donors (Lipinski definition) is 1. The van der Waals surface area contributed by atoms with Crippen molar-refractivity contribution in [2.24, 2.45) is 5.92 Å². The van der Waals surface area contributed by atoms with Crippen LogP contribution in [0.4, 0.5) is 0 Å². The van der Waals surface area contributed by atoms with E-state index in [9.17, 15) is 9.90 Å². The SMILES string of the molecule is O=C(c1ccc(-n2cnnn2)cc1O)N1CCC[C@@H](CCc2ccccc2)C1. The summed E-state index contributed by atoms with van der Waals surface area (Å²) in [6.45, 7) is 1.47. The van der Waals surface area contributed by atoms with E-state index in [1.165, 1.54) is 22.6 Å². The van der Waals surface area contributed by atoms with Crippen LogP contribution >= 0.6 is 0 Å². The van der Waals surface area contributed by atoms with E-state index in [1.54, 1.807) is 12.1 Å². The van der Waals surface area contributed by atoms with Crippen molar-refractivity contribution in [3.8, 4) is 11.4 Å². The molecule has 144 valence electrons. The standard InChI is InChI=1S/C21H23N5O2/c27-20-13-18(26-15-22-23-24-26)10-11-19(20)21(28)25-12-4-7-17(14-25)9-8-16-5-2-1-3-6-16/h1-3,5-6,10-11,13,15,17,27H,4,7-9,12,14H2/t17-/m0/s1. The molecule has 0 spiro atoms. The minimum atomic E-state index is -0.120. The van der Waals surface area contributed by atoms with Gasteiger partial charge in [0.1, 0.15) is 12.1 Å². The van der Waals surface area contributed by atoms with Gasteiger partial charge in [0, 0.05) is 19.2 Å². The number of tetrazole rings is 1. The van der Waals surface area contributed by atoms with Crippen LogP contribution in [0.2, 0.25) is 0 Å². The van der Waals surface area contributed by atoms with E-state index < -0.39 is 0 Å². The lowest BCUT2D eigenvalue weighted by Crippen LogP contribution is -2.40. The van der Waals surface area contributed by atoms with Crippen molar-refractivity contribution >= 4 is 5.91 Å². The first-order valence-corrected chi connectivity index (χ1v) is 9.60. The zero-order chi connectivity index (χ0) is 19.3. The van der Waals surface area contributed by atoms with Crippen molar-refractivity contribution in [1.82, 2.24) is 25.1 Å². The number of phenolic OH excluding ortho intramolecular Hbond substituents is 1. The second-order valence-corrected chi connectivity index (χ2v) is 7.24. The van der Waals surface area contributed by atoms with E-state index in [0.29, 0.717) is 17.2 Å². The Morgan fingerprint density at radius 1 is 1.18 bits per heavy atom. The van der Waals surface area contributed by atoms with Gasteiger partial charge >= 0.3 is 0 Å². The number of aromatic nitrogens is 4. The number of rotatable bonds is 5. The molecule has 0 bridgehead atoms. The van der Waals surface area contributed by atoms with Crippen LogP contribution in [0.25, 0.3) is 5.69 Å². The Labute approximate surface area is 163 Å². The third-order valence-electron chi connectivity index (χ3n) is 5.32. The Bertz CT molecular complexity index is 927. The average molecular weight is 377 g/mol. The number of piperidine rings is 1. The number of aromatic hydroxyl groups is 1. The van der Waals surface area contributed by atoms with E-state index in [4.69, 9.17) is 0 Å². The van der Waals surface area contributed by atoms with E-state index >= 15 is 0 Å². The van der Waals surface area contributed by atoms with Gasteiger partial charge in [0.2, 0.25) is 0 Å². The molecule has 0 unspecified atom stereocenters. The molecule has 0 radical (unpaired) electrons. The number of nitrogens with zero attached hydrogens (tertiary/aromatic N) is 5. The van der Waals surface area contributed by atoms with E-state index in [-0.39, 0.29) is 11.7 Å². The molecule has 1 saturated heterocycles. The van der Waals surface area contributed by atoms with Gasteiger partial charge in [-0.1, -0.05) is 30.3 Å². The molecule has 3 aromatic rings.